The first-order chi connectivity index (χ1) is 24.0. The van der Waals surface area contributed by atoms with Crippen LogP contribution in [-0.4, -0.2) is 34.1 Å². The molecule has 0 unspecified atom stereocenters. The van der Waals surface area contributed by atoms with Crippen LogP contribution in [0.3, 0.4) is 0 Å². The maximum absolute atomic E-state index is 12.7. The van der Waals surface area contributed by atoms with Crippen LogP contribution in [0.15, 0.2) is 17.1 Å². The summed E-state index contributed by atoms with van der Waals surface area (Å²) in [5.41, 5.74) is -0.455. The summed E-state index contributed by atoms with van der Waals surface area (Å²) in [6.45, 7) is 4.73. The molecule has 8 nitrogen and oxygen atoms in total. The summed E-state index contributed by atoms with van der Waals surface area (Å²) in [6, 6.07) is 1.65. The van der Waals surface area contributed by atoms with Crippen LogP contribution < -0.4 is 11.0 Å². The average molecular weight is 688 g/mol. The van der Waals surface area contributed by atoms with E-state index in [0.717, 1.165) is 25.7 Å². The van der Waals surface area contributed by atoms with Gasteiger partial charge < -0.3 is 14.8 Å². The number of hydrogen-bond donors (Lipinski definition) is 1. The van der Waals surface area contributed by atoms with Crippen LogP contribution in [-0.2, 0) is 19.1 Å². The average Bonchev–Trinajstić information content (AvgIpc) is 3.56. The molecule has 1 saturated heterocycles. The van der Waals surface area contributed by atoms with Gasteiger partial charge in [-0.3, -0.25) is 14.2 Å². The Bertz CT molecular complexity index is 1030. The zero-order chi connectivity index (χ0) is 35.2. The number of unbranched alkanes of at least 4 members (excludes halogenated alkanes) is 24. The molecule has 0 bridgehead atoms. The molecule has 1 aliphatic heterocycles. The number of carbonyl (C=O) groups excluding carboxylic acids is 2. The standard InChI is InChI=1S/C41H73N3O5/c1-3-5-7-9-11-13-15-17-19-21-23-25-27-29-38(45)42-37-33-34-44(41(47)43-37)39-32-31-36(49-39)35-48-40(46)30-28-26-24-22-20-18-16-14-12-10-8-6-4-2/h33-34,36,39H,3-32,35H2,1-2H3,(H,42,43,45,47)/t36-,39+/m0/s1. The second-order valence-electron chi connectivity index (χ2n) is 14.5. The Morgan fingerprint density at radius 1 is 0.694 bits per heavy atom. The fourth-order valence-electron chi connectivity index (χ4n) is 6.77. The molecule has 1 amide bonds. The summed E-state index contributed by atoms with van der Waals surface area (Å²) < 4.78 is 12.9. The number of amides is 1. The highest BCUT2D eigenvalue weighted by atomic mass is 16.6. The van der Waals surface area contributed by atoms with Crippen LogP contribution in [0.5, 0.6) is 0 Å². The number of hydrogen-bond acceptors (Lipinski definition) is 6. The van der Waals surface area contributed by atoms with E-state index in [4.69, 9.17) is 9.47 Å². The molecule has 0 radical (unpaired) electrons. The van der Waals surface area contributed by atoms with Crippen molar-refractivity contribution < 1.29 is 19.1 Å². The van der Waals surface area contributed by atoms with Gasteiger partial charge in [-0.25, -0.2) is 4.79 Å². The lowest BCUT2D eigenvalue weighted by molar-refractivity contribution is -0.148. The number of nitrogens with zero attached hydrogens (tertiary/aromatic N) is 2. The number of esters is 1. The SMILES string of the molecule is CCCCCCCCCCCCCCCC(=O)Nc1ccn([C@H]2CC[C@@H](COC(=O)CCCCCCCCCCCCCCC)O2)c(=O)n1. The lowest BCUT2D eigenvalue weighted by Crippen LogP contribution is -2.29. The van der Waals surface area contributed by atoms with Crippen molar-refractivity contribution in [1.82, 2.24) is 9.55 Å². The van der Waals surface area contributed by atoms with Crippen molar-refractivity contribution in [1.29, 1.82) is 0 Å². The van der Waals surface area contributed by atoms with Crippen molar-refractivity contribution in [2.24, 2.45) is 0 Å². The molecule has 8 heteroatoms. The van der Waals surface area contributed by atoms with Gasteiger partial charge in [0.15, 0.2) is 0 Å². The van der Waals surface area contributed by atoms with Crippen molar-refractivity contribution >= 4 is 17.7 Å². The molecule has 1 N–H and O–H groups in total. The fraction of sp³-hybridized carbons (Fsp3) is 0.854. The number of aromatic nitrogens is 2. The third kappa shape index (κ3) is 22.3. The molecule has 2 rings (SSSR count). The van der Waals surface area contributed by atoms with Gasteiger partial charge in [-0.15, -0.1) is 0 Å². The smallest absolute Gasteiger partial charge is 0.351 e. The molecule has 1 aliphatic rings. The zero-order valence-electron chi connectivity index (χ0n) is 31.7. The van der Waals surface area contributed by atoms with Gasteiger partial charge in [-0.1, -0.05) is 168 Å². The second-order valence-corrected chi connectivity index (χ2v) is 14.5. The number of carbonyl (C=O) groups is 2. The second kappa shape index (κ2) is 29.5. The fourth-order valence-corrected chi connectivity index (χ4v) is 6.77. The van der Waals surface area contributed by atoms with Gasteiger partial charge in [0, 0.05) is 19.0 Å². The Morgan fingerprint density at radius 3 is 1.61 bits per heavy atom. The third-order valence-electron chi connectivity index (χ3n) is 9.91. The van der Waals surface area contributed by atoms with Gasteiger partial charge in [-0.05, 0) is 31.7 Å². The number of anilines is 1. The van der Waals surface area contributed by atoms with E-state index in [1.54, 1.807) is 12.3 Å². The zero-order valence-corrected chi connectivity index (χ0v) is 31.7. The highest BCUT2D eigenvalue weighted by molar-refractivity contribution is 5.89. The van der Waals surface area contributed by atoms with E-state index in [9.17, 15) is 14.4 Å². The molecule has 282 valence electrons. The Labute approximate surface area is 299 Å². The van der Waals surface area contributed by atoms with Crippen molar-refractivity contribution in [3.8, 4) is 0 Å². The Hall–Kier alpha value is -2.22. The molecule has 1 fully saturated rings. The summed E-state index contributed by atoms with van der Waals surface area (Å²) in [5, 5.41) is 2.77. The molecule has 2 heterocycles. The van der Waals surface area contributed by atoms with E-state index >= 15 is 0 Å². The van der Waals surface area contributed by atoms with Gasteiger partial charge in [0.05, 0.1) is 6.10 Å². The first kappa shape index (κ1) is 42.9. The normalized spacial score (nSPS) is 15.9. The lowest BCUT2D eigenvalue weighted by atomic mass is 10.0. The van der Waals surface area contributed by atoms with E-state index in [0.29, 0.717) is 25.7 Å². The van der Waals surface area contributed by atoms with Crippen molar-refractivity contribution in [2.75, 3.05) is 11.9 Å². The molecule has 0 saturated carbocycles. The summed E-state index contributed by atoms with van der Waals surface area (Å²) in [5.74, 6) is -0.00374. The minimum absolute atomic E-state index is 0.106. The van der Waals surface area contributed by atoms with Crippen LogP contribution in [0.1, 0.15) is 213 Å². The summed E-state index contributed by atoms with van der Waals surface area (Å²) in [4.78, 5) is 41.4. The van der Waals surface area contributed by atoms with E-state index < -0.39 is 11.9 Å². The molecule has 0 spiro atoms. The molecular weight excluding hydrogens is 614 g/mol. The Morgan fingerprint density at radius 2 is 1.14 bits per heavy atom. The van der Waals surface area contributed by atoms with Crippen LogP contribution in [0.25, 0.3) is 0 Å². The Kier molecular flexibility index (Phi) is 25.9. The van der Waals surface area contributed by atoms with Crippen LogP contribution in [0, 0.1) is 0 Å². The van der Waals surface area contributed by atoms with E-state index in [-0.39, 0.29) is 30.4 Å². The molecule has 1 aromatic rings. The van der Waals surface area contributed by atoms with Gasteiger partial charge in [0.2, 0.25) is 5.91 Å². The van der Waals surface area contributed by atoms with Crippen molar-refractivity contribution in [3.63, 3.8) is 0 Å². The minimum Gasteiger partial charge on any atom is -0.463 e. The van der Waals surface area contributed by atoms with Gasteiger partial charge in [-0.2, -0.15) is 4.98 Å². The quantitative estimate of drug-likeness (QED) is 0.0598. The highest BCUT2D eigenvalue weighted by Gasteiger charge is 2.28. The minimum atomic E-state index is -0.455. The number of ether oxygens (including phenoxy) is 2. The van der Waals surface area contributed by atoms with E-state index in [1.165, 1.54) is 146 Å². The largest absolute Gasteiger partial charge is 0.463 e. The van der Waals surface area contributed by atoms with Gasteiger partial charge >= 0.3 is 11.7 Å². The lowest BCUT2D eigenvalue weighted by Gasteiger charge is -2.16. The number of rotatable bonds is 32. The van der Waals surface area contributed by atoms with Crippen LogP contribution in [0.4, 0.5) is 5.82 Å². The predicted molar refractivity (Wildman–Crippen MR) is 202 cm³/mol. The summed E-state index contributed by atoms with van der Waals surface area (Å²) in [6.07, 6.45) is 36.3. The van der Waals surface area contributed by atoms with E-state index in [2.05, 4.69) is 24.1 Å². The van der Waals surface area contributed by atoms with E-state index in [1.807, 2.05) is 0 Å². The topological polar surface area (TPSA) is 99.5 Å². The Balaban J connectivity index is 1.47. The maximum atomic E-state index is 12.7. The predicted octanol–water partition coefficient (Wildman–Crippen LogP) is 11.4. The van der Waals surface area contributed by atoms with Crippen molar-refractivity contribution in [2.45, 2.75) is 219 Å². The first-order valence-corrected chi connectivity index (χ1v) is 20.7. The van der Waals surface area contributed by atoms with Crippen LogP contribution in [0.2, 0.25) is 0 Å². The summed E-state index contributed by atoms with van der Waals surface area (Å²) in [7, 11) is 0. The third-order valence-corrected chi connectivity index (χ3v) is 9.91. The molecule has 49 heavy (non-hydrogen) atoms. The summed E-state index contributed by atoms with van der Waals surface area (Å²) >= 11 is 0. The highest BCUT2D eigenvalue weighted by Crippen LogP contribution is 2.27. The molecule has 2 atom stereocenters. The first-order valence-electron chi connectivity index (χ1n) is 20.7. The van der Waals surface area contributed by atoms with Crippen molar-refractivity contribution in [3.05, 3.63) is 22.7 Å². The number of nitrogens with one attached hydrogen (secondary N) is 1. The maximum Gasteiger partial charge on any atom is 0.351 e. The molecular formula is C41H73N3O5. The van der Waals surface area contributed by atoms with Gasteiger partial charge in [0.1, 0.15) is 18.7 Å². The molecule has 0 aromatic carbocycles. The molecule has 0 aliphatic carbocycles. The van der Waals surface area contributed by atoms with Crippen LogP contribution >= 0.6 is 0 Å². The monoisotopic (exact) mass is 688 g/mol. The molecule has 1 aromatic heterocycles. The van der Waals surface area contributed by atoms with Gasteiger partial charge in [0.25, 0.3) is 0 Å².